The van der Waals surface area contributed by atoms with Gasteiger partial charge in [-0.3, -0.25) is 14.4 Å². The summed E-state index contributed by atoms with van der Waals surface area (Å²) >= 11 is 0. The van der Waals surface area contributed by atoms with Gasteiger partial charge in [-0.1, -0.05) is 265 Å². The molecule has 71 heavy (non-hydrogen) atoms. The molecule has 0 saturated carbocycles. The van der Waals surface area contributed by atoms with Crippen LogP contribution in [0.25, 0.3) is 0 Å². The highest BCUT2D eigenvalue weighted by Gasteiger charge is 2.19. The van der Waals surface area contributed by atoms with Crippen LogP contribution in [0.5, 0.6) is 0 Å². The van der Waals surface area contributed by atoms with E-state index in [1.807, 2.05) is 0 Å². The minimum atomic E-state index is -0.788. The Morgan fingerprint density at radius 2 is 0.549 bits per heavy atom. The molecular formula is C65H108O6. The number of carbonyl (C=O) groups is 3. The van der Waals surface area contributed by atoms with Crippen LogP contribution in [0.2, 0.25) is 0 Å². The van der Waals surface area contributed by atoms with E-state index in [9.17, 15) is 14.4 Å². The topological polar surface area (TPSA) is 78.9 Å². The van der Waals surface area contributed by atoms with E-state index in [0.717, 1.165) is 122 Å². The first-order valence-corrected chi connectivity index (χ1v) is 29.4. The molecule has 0 amide bonds. The van der Waals surface area contributed by atoms with Crippen LogP contribution in [0.4, 0.5) is 0 Å². The first-order chi connectivity index (χ1) is 35.0. The Morgan fingerprint density at radius 3 is 0.859 bits per heavy atom. The number of carbonyl (C=O) groups excluding carboxylic acids is 3. The molecule has 0 saturated heterocycles. The van der Waals surface area contributed by atoms with Crippen molar-refractivity contribution in [2.75, 3.05) is 13.2 Å². The van der Waals surface area contributed by atoms with Gasteiger partial charge in [-0.15, -0.1) is 0 Å². The fourth-order valence-electron chi connectivity index (χ4n) is 7.91. The van der Waals surface area contributed by atoms with Crippen LogP contribution in [-0.4, -0.2) is 37.2 Å². The Labute approximate surface area is 438 Å². The molecule has 0 N–H and O–H groups in total. The maximum Gasteiger partial charge on any atom is 0.306 e. The van der Waals surface area contributed by atoms with Gasteiger partial charge in [-0.25, -0.2) is 0 Å². The number of rotatable bonds is 52. The summed E-state index contributed by atoms with van der Waals surface area (Å²) in [4.78, 5) is 37.9. The van der Waals surface area contributed by atoms with Crippen LogP contribution >= 0.6 is 0 Å². The van der Waals surface area contributed by atoms with Gasteiger partial charge in [0.05, 0.1) is 0 Å². The highest BCUT2D eigenvalue weighted by molar-refractivity contribution is 5.71. The summed E-state index contributed by atoms with van der Waals surface area (Å²) in [6, 6.07) is 0. The molecule has 0 spiro atoms. The molecule has 0 aromatic carbocycles. The maximum absolute atomic E-state index is 12.8. The third kappa shape index (κ3) is 56.9. The Morgan fingerprint density at radius 1 is 0.296 bits per heavy atom. The summed E-state index contributed by atoms with van der Waals surface area (Å²) in [6.45, 7) is 6.46. The molecule has 1 unspecified atom stereocenters. The van der Waals surface area contributed by atoms with E-state index in [1.165, 1.54) is 103 Å². The van der Waals surface area contributed by atoms with Crippen molar-refractivity contribution in [3.05, 3.63) is 109 Å². The maximum atomic E-state index is 12.8. The SMILES string of the molecule is CC/C=C\C/C=C\C/C=C\C/C=C\C/C=C\C/C=C\C/C=C\C/C=C\C/C=C\CCCCCC(=O)OCC(COC(=O)CCCCCCCCC)OC(=O)CCCCCCCCCCCCCCCCC. The molecule has 1 atom stereocenters. The van der Waals surface area contributed by atoms with Crippen molar-refractivity contribution in [2.24, 2.45) is 0 Å². The second-order valence-corrected chi connectivity index (χ2v) is 19.2. The number of esters is 3. The molecule has 0 aliphatic heterocycles. The van der Waals surface area contributed by atoms with Crippen molar-refractivity contribution >= 4 is 17.9 Å². The third-order valence-corrected chi connectivity index (χ3v) is 12.3. The highest BCUT2D eigenvalue weighted by Crippen LogP contribution is 2.15. The largest absolute Gasteiger partial charge is 0.462 e. The Kier molecular flexibility index (Phi) is 55.4. The van der Waals surface area contributed by atoms with Crippen LogP contribution in [-0.2, 0) is 28.6 Å². The number of allylic oxidation sites excluding steroid dienone is 18. The van der Waals surface area contributed by atoms with E-state index < -0.39 is 6.10 Å². The van der Waals surface area contributed by atoms with E-state index in [1.54, 1.807) is 0 Å². The molecule has 0 aliphatic rings. The van der Waals surface area contributed by atoms with Crippen molar-refractivity contribution in [1.29, 1.82) is 0 Å². The lowest BCUT2D eigenvalue weighted by Crippen LogP contribution is -2.30. The zero-order chi connectivity index (χ0) is 51.4. The first-order valence-electron chi connectivity index (χ1n) is 29.4. The third-order valence-electron chi connectivity index (χ3n) is 12.3. The van der Waals surface area contributed by atoms with E-state index >= 15 is 0 Å². The first kappa shape index (κ1) is 67.1. The fourth-order valence-corrected chi connectivity index (χ4v) is 7.91. The second kappa shape index (κ2) is 58.6. The summed E-state index contributed by atoms with van der Waals surface area (Å²) in [5, 5.41) is 0. The highest BCUT2D eigenvalue weighted by atomic mass is 16.6. The molecular weight excluding hydrogens is 877 g/mol. The van der Waals surface area contributed by atoms with Gasteiger partial charge in [0.15, 0.2) is 6.10 Å². The molecule has 404 valence electrons. The van der Waals surface area contributed by atoms with Gasteiger partial charge in [0, 0.05) is 19.3 Å². The van der Waals surface area contributed by atoms with Crippen molar-refractivity contribution in [2.45, 2.75) is 271 Å². The number of hydrogen-bond acceptors (Lipinski definition) is 6. The lowest BCUT2D eigenvalue weighted by atomic mass is 10.0. The summed E-state index contributed by atoms with van der Waals surface area (Å²) in [7, 11) is 0. The van der Waals surface area contributed by atoms with Gasteiger partial charge in [-0.2, -0.15) is 0 Å². The average molecular weight is 986 g/mol. The summed E-state index contributed by atoms with van der Waals surface area (Å²) in [5.74, 6) is -0.925. The minimum absolute atomic E-state index is 0.0868. The van der Waals surface area contributed by atoms with Crippen molar-refractivity contribution in [3.8, 4) is 0 Å². The van der Waals surface area contributed by atoms with Gasteiger partial charge >= 0.3 is 17.9 Å². The average Bonchev–Trinajstić information content (AvgIpc) is 3.37. The summed E-state index contributed by atoms with van der Waals surface area (Å²) < 4.78 is 16.7. The van der Waals surface area contributed by atoms with E-state index in [0.29, 0.717) is 19.3 Å². The molecule has 0 aliphatic carbocycles. The van der Waals surface area contributed by atoms with Gasteiger partial charge in [0.1, 0.15) is 13.2 Å². The van der Waals surface area contributed by atoms with Crippen LogP contribution < -0.4 is 0 Å². The van der Waals surface area contributed by atoms with Crippen molar-refractivity contribution in [3.63, 3.8) is 0 Å². The van der Waals surface area contributed by atoms with E-state index in [-0.39, 0.29) is 31.1 Å². The number of unbranched alkanes of at least 4 members (excludes halogenated alkanes) is 23. The quantitative estimate of drug-likeness (QED) is 0.0261. The van der Waals surface area contributed by atoms with Crippen LogP contribution in [0.3, 0.4) is 0 Å². The normalized spacial score (nSPS) is 12.9. The molecule has 0 aromatic rings. The Balaban J connectivity index is 4.23. The second-order valence-electron chi connectivity index (χ2n) is 19.2. The molecule has 0 bridgehead atoms. The van der Waals surface area contributed by atoms with Gasteiger partial charge in [0.2, 0.25) is 0 Å². The predicted molar refractivity (Wildman–Crippen MR) is 307 cm³/mol. The Bertz CT molecular complexity index is 1460. The van der Waals surface area contributed by atoms with Crippen LogP contribution in [0, 0.1) is 0 Å². The molecule has 0 fully saturated rings. The lowest BCUT2D eigenvalue weighted by molar-refractivity contribution is -0.167. The molecule has 0 heterocycles. The smallest absolute Gasteiger partial charge is 0.306 e. The Hall–Kier alpha value is -3.93. The molecule has 0 rings (SSSR count). The van der Waals surface area contributed by atoms with E-state index in [4.69, 9.17) is 14.2 Å². The summed E-state index contributed by atoms with van der Waals surface area (Å²) in [5.41, 5.74) is 0. The van der Waals surface area contributed by atoms with E-state index in [2.05, 4.69) is 130 Å². The lowest BCUT2D eigenvalue weighted by Gasteiger charge is -2.18. The monoisotopic (exact) mass is 985 g/mol. The molecule has 0 radical (unpaired) electrons. The van der Waals surface area contributed by atoms with Crippen LogP contribution in [0.1, 0.15) is 265 Å². The standard InChI is InChI=1S/C65H108O6/c1-4-7-10-13-16-18-20-22-24-25-26-27-28-29-30-31-32-33-34-35-36-37-38-39-41-42-44-46-49-52-55-58-64(67)70-61-62(60-69-63(66)57-54-51-48-15-12-9-6-3)71-65(68)59-56-53-50-47-45-43-40-23-21-19-17-14-11-8-5-2/h7,10,16,18,22,24,26-27,29-30,32-33,35-36,38-39,42,44,62H,4-6,8-9,11-15,17,19-21,23,25,28,31,34,37,40-41,43,45-61H2,1-3H3/b10-7-,18-16-,24-22-,27-26-,30-29-,33-32-,36-35-,39-38-,44-42-. The van der Waals surface area contributed by atoms with Crippen molar-refractivity contribution in [1.82, 2.24) is 0 Å². The predicted octanol–water partition coefficient (Wildman–Crippen LogP) is 19.9. The van der Waals surface area contributed by atoms with Crippen LogP contribution in [0.15, 0.2) is 109 Å². The molecule has 0 aromatic heterocycles. The summed E-state index contributed by atoms with van der Waals surface area (Å²) in [6.07, 6.45) is 79.6. The van der Waals surface area contributed by atoms with Gasteiger partial charge < -0.3 is 14.2 Å². The zero-order valence-corrected chi connectivity index (χ0v) is 46.2. The molecule has 6 nitrogen and oxygen atoms in total. The van der Waals surface area contributed by atoms with Gasteiger partial charge in [0.25, 0.3) is 0 Å². The minimum Gasteiger partial charge on any atom is -0.462 e. The van der Waals surface area contributed by atoms with Crippen molar-refractivity contribution < 1.29 is 28.6 Å². The molecule has 6 heteroatoms. The number of ether oxygens (including phenoxy) is 3. The van der Waals surface area contributed by atoms with Gasteiger partial charge in [-0.05, 0) is 89.9 Å². The zero-order valence-electron chi connectivity index (χ0n) is 46.2. The fraction of sp³-hybridized carbons (Fsp3) is 0.677. The number of hydrogen-bond donors (Lipinski definition) is 0.